The van der Waals surface area contributed by atoms with Crippen LogP contribution < -0.4 is 20.1 Å². The molecule has 0 aliphatic carbocycles. The molecule has 2 N–H and O–H groups in total. The summed E-state index contributed by atoms with van der Waals surface area (Å²) >= 11 is 0. The minimum atomic E-state index is -0.475. The lowest BCUT2D eigenvalue weighted by Gasteiger charge is -2.12. The van der Waals surface area contributed by atoms with Crippen LogP contribution in [0.4, 0.5) is 5.95 Å². The summed E-state index contributed by atoms with van der Waals surface area (Å²) in [6, 6.07) is -0.247. The van der Waals surface area contributed by atoms with E-state index >= 15 is 0 Å². The summed E-state index contributed by atoms with van der Waals surface area (Å²) in [7, 11) is 4.41. The standard InChI is InChI=1S/C9H15N5O3/c1-5(6(15)10-2)11-7-12-8(16-3)14-9(13-7)17-4/h5H,1-4H3,(H,10,15)(H,11,12,13,14). The smallest absolute Gasteiger partial charge is 0.324 e. The molecule has 0 fully saturated rings. The fourth-order valence-corrected chi connectivity index (χ4v) is 1.06. The monoisotopic (exact) mass is 241 g/mol. The Bertz CT molecular complexity index is 376. The highest BCUT2D eigenvalue weighted by Crippen LogP contribution is 2.12. The average Bonchev–Trinajstić information content (AvgIpc) is 2.36. The van der Waals surface area contributed by atoms with Gasteiger partial charge in [-0.05, 0) is 6.92 Å². The number of carbonyl (C=O) groups excluding carboxylic acids is 1. The van der Waals surface area contributed by atoms with Crippen molar-refractivity contribution in [2.75, 3.05) is 26.6 Å². The van der Waals surface area contributed by atoms with Crippen LogP contribution >= 0.6 is 0 Å². The van der Waals surface area contributed by atoms with Crippen molar-refractivity contribution in [3.05, 3.63) is 0 Å². The van der Waals surface area contributed by atoms with Gasteiger partial charge in [0.2, 0.25) is 11.9 Å². The predicted molar refractivity (Wildman–Crippen MR) is 60.1 cm³/mol. The Kier molecular flexibility index (Phi) is 4.44. The van der Waals surface area contributed by atoms with Crippen LogP contribution in [0.2, 0.25) is 0 Å². The summed E-state index contributed by atoms with van der Waals surface area (Å²) in [4.78, 5) is 23.0. The van der Waals surface area contributed by atoms with Gasteiger partial charge >= 0.3 is 12.0 Å². The van der Waals surface area contributed by atoms with Crippen molar-refractivity contribution in [3.8, 4) is 12.0 Å². The van der Waals surface area contributed by atoms with Gasteiger partial charge in [0.05, 0.1) is 14.2 Å². The molecule has 0 bridgehead atoms. The molecular formula is C9H15N5O3. The van der Waals surface area contributed by atoms with Crippen LogP contribution in [0.1, 0.15) is 6.92 Å². The number of nitrogens with zero attached hydrogens (tertiary/aromatic N) is 3. The zero-order valence-electron chi connectivity index (χ0n) is 10.1. The SMILES string of the molecule is CNC(=O)C(C)Nc1nc(OC)nc(OC)n1. The van der Waals surface area contributed by atoms with Gasteiger partial charge in [-0.3, -0.25) is 4.79 Å². The number of amides is 1. The molecule has 0 saturated carbocycles. The lowest BCUT2D eigenvalue weighted by Crippen LogP contribution is -2.35. The highest BCUT2D eigenvalue weighted by atomic mass is 16.5. The van der Waals surface area contributed by atoms with Crippen LogP contribution in [0.25, 0.3) is 0 Å². The highest BCUT2D eigenvalue weighted by Gasteiger charge is 2.14. The van der Waals surface area contributed by atoms with Gasteiger partial charge in [0.25, 0.3) is 0 Å². The number of hydrogen-bond acceptors (Lipinski definition) is 7. The van der Waals surface area contributed by atoms with Gasteiger partial charge in [0.1, 0.15) is 6.04 Å². The Hall–Kier alpha value is -2.12. The first-order valence-electron chi connectivity index (χ1n) is 4.93. The molecule has 17 heavy (non-hydrogen) atoms. The van der Waals surface area contributed by atoms with Crippen LogP contribution in [-0.4, -0.2) is 48.2 Å². The van der Waals surface area contributed by atoms with Crippen LogP contribution in [0.3, 0.4) is 0 Å². The van der Waals surface area contributed by atoms with Crippen molar-refractivity contribution in [2.24, 2.45) is 0 Å². The van der Waals surface area contributed by atoms with Gasteiger partial charge in [0.15, 0.2) is 0 Å². The number of hydrogen-bond donors (Lipinski definition) is 2. The number of methoxy groups -OCH3 is 2. The maximum Gasteiger partial charge on any atom is 0.324 e. The van der Waals surface area contributed by atoms with Crippen molar-refractivity contribution in [2.45, 2.75) is 13.0 Å². The second kappa shape index (κ2) is 5.83. The Balaban J connectivity index is 2.86. The Morgan fingerprint density at radius 2 is 1.71 bits per heavy atom. The van der Waals surface area contributed by atoms with E-state index in [1.165, 1.54) is 14.2 Å². The zero-order chi connectivity index (χ0) is 12.8. The van der Waals surface area contributed by atoms with Gasteiger partial charge in [-0.2, -0.15) is 9.97 Å². The van der Waals surface area contributed by atoms with E-state index in [9.17, 15) is 4.79 Å². The number of nitrogens with one attached hydrogen (secondary N) is 2. The molecule has 0 spiro atoms. The Morgan fingerprint density at radius 1 is 1.18 bits per heavy atom. The lowest BCUT2D eigenvalue weighted by atomic mass is 10.3. The van der Waals surface area contributed by atoms with Crippen LogP contribution in [-0.2, 0) is 4.79 Å². The van der Waals surface area contributed by atoms with E-state index in [4.69, 9.17) is 9.47 Å². The fourth-order valence-electron chi connectivity index (χ4n) is 1.06. The van der Waals surface area contributed by atoms with Crippen molar-refractivity contribution in [1.29, 1.82) is 0 Å². The molecule has 1 aromatic rings. The molecule has 1 heterocycles. The minimum Gasteiger partial charge on any atom is -0.467 e. The summed E-state index contributed by atoms with van der Waals surface area (Å²) in [6.45, 7) is 1.68. The summed E-state index contributed by atoms with van der Waals surface area (Å²) in [5.41, 5.74) is 0. The van der Waals surface area contributed by atoms with Gasteiger partial charge in [-0.25, -0.2) is 0 Å². The minimum absolute atomic E-state index is 0.114. The van der Waals surface area contributed by atoms with Crippen molar-refractivity contribution in [1.82, 2.24) is 20.3 Å². The van der Waals surface area contributed by atoms with Crippen LogP contribution in [0.5, 0.6) is 12.0 Å². The number of ether oxygens (including phenoxy) is 2. The quantitative estimate of drug-likeness (QED) is 0.712. The molecule has 0 radical (unpaired) electrons. The molecular weight excluding hydrogens is 226 g/mol. The first kappa shape index (κ1) is 12.9. The van der Waals surface area contributed by atoms with Crippen LogP contribution in [0, 0.1) is 0 Å². The third kappa shape index (κ3) is 3.44. The molecule has 0 saturated heterocycles. The fraction of sp³-hybridized carbons (Fsp3) is 0.556. The van der Waals surface area contributed by atoms with Gasteiger partial charge in [-0.1, -0.05) is 0 Å². The second-order valence-corrected chi connectivity index (χ2v) is 3.11. The molecule has 0 aliphatic heterocycles. The zero-order valence-corrected chi connectivity index (χ0v) is 10.1. The largest absolute Gasteiger partial charge is 0.467 e. The topological polar surface area (TPSA) is 98.3 Å². The van der Waals surface area contributed by atoms with Gasteiger partial charge in [0, 0.05) is 7.05 Å². The van der Waals surface area contributed by atoms with Gasteiger partial charge < -0.3 is 20.1 Å². The highest BCUT2D eigenvalue weighted by molar-refractivity contribution is 5.83. The predicted octanol–water partition coefficient (Wildman–Crippen LogP) is -0.565. The first-order valence-corrected chi connectivity index (χ1v) is 4.93. The molecule has 8 nitrogen and oxygen atoms in total. The number of rotatable bonds is 5. The number of likely N-dealkylation sites (N-methyl/N-ethyl adjacent to an activating group) is 1. The van der Waals surface area contributed by atoms with E-state index in [1.807, 2.05) is 0 Å². The van der Waals surface area contributed by atoms with E-state index in [2.05, 4.69) is 25.6 Å². The summed E-state index contributed by atoms with van der Waals surface area (Å²) in [5.74, 6) is 0.0353. The van der Waals surface area contributed by atoms with Crippen molar-refractivity contribution in [3.63, 3.8) is 0 Å². The molecule has 0 aromatic carbocycles. The van der Waals surface area contributed by atoms with E-state index in [0.717, 1.165) is 0 Å². The lowest BCUT2D eigenvalue weighted by molar-refractivity contribution is -0.121. The van der Waals surface area contributed by atoms with Gasteiger partial charge in [-0.15, -0.1) is 4.98 Å². The summed E-state index contributed by atoms with van der Waals surface area (Å²) in [6.07, 6.45) is 0. The van der Waals surface area contributed by atoms with Crippen LogP contribution in [0.15, 0.2) is 0 Å². The summed E-state index contributed by atoms with van der Waals surface area (Å²) in [5, 5.41) is 5.31. The molecule has 8 heteroatoms. The maximum atomic E-state index is 11.3. The van der Waals surface area contributed by atoms with Crippen molar-refractivity contribution < 1.29 is 14.3 Å². The number of carbonyl (C=O) groups is 1. The molecule has 1 atom stereocenters. The summed E-state index contributed by atoms with van der Waals surface area (Å²) < 4.78 is 9.77. The van der Waals surface area contributed by atoms with E-state index in [-0.39, 0.29) is 23.9 Å². The molecule has 1 amide bonds. The third-order valence-corrected chi connectivity index (χ3v) is 1.94. The molecule has 1 unspecified atom stereocenters. The second-order valence-electron chi connectivity index (χ2n) is 3.11. The molecule has 1 rings (SSSR count). The van der Waals surface area contributed by atoms with E-state index < -0.39 is 6.04 Å². The first-order chi connectivity index (χ1) is 8.10. The molecule has 0 aliphatic rings. The third-order valence-electron chi connectivity index (χ3n) is 1.94. The average molecular weight is 241 g/mol. The van der Waals surface area contributed by atoms with Crippen molar-refractivity contribution >= 4 is 11.9 Å². The van der Waals surface area contributed by atoms with E-state index in [1.54, 1.807) is 14.0 Å². The number of anilines is 1. The molecule has 94 valence electrons. The normalized spacial score (nSPS) is 11.5. The van der Waals surface area contributed by atoms with E-state index in [0.29, 0.717) is 0 Å². The Morgan fingerprint density at radius 3 is 2.12 bits per heavy atom. The molecule has 1 aromatic heterocycles. The number of aromatic nitrogens is 3. The Labute approximate surface area is 98.8 Å². The maximum absolute atomic E-state index is 11.3.